The summed E-state index contributed by atoms with van der Waals surface area (Å²) in [5.41, 5.74) is 5.12. The van der Waals surface area contributed by atoms with Gasteiger partial charge in [0, 0.05) is 30.3 Å². The van der Waals surface area contributed by atoms with Gasteiger partial charge in [0.25, 0.3) is 0 Å². The van der Waals surface area contributed by atoms with Crippen molar-refractivity contribution in [3.8, 4) is 0 Å². The number of allylic oxidation sites excluding steroid dienone is 1. The number of hydrogen-bond donors (Lipinski definition) is 1. The Morgan fingerprint density at radius 3 is 2.31 bits per heavy atom. The minimum Gasteiger partial charge on any atom is -0.324 e. The Kier molecular flexibility index (Phi) is 9.23. The van der Waals surface area contributed by atoms with E-state index in [0.29, 0.717) is 5.95 Å². The van der Waals surface area contributed by atoms with Crippen LogP contribution in [0.4, 0.5) is 11.6 Å². The first-order chi connectivity index (χ1) is 12.4. The van der Waals surface area contributed by atoms with Gasteiger partial charge in [-0.25, -0.2) is 9.97 Å². The van der Waals surface area contributed by atoms with E-state index in [1.165, 1.54) is 5.56 Å². The summed E-state index contributed by atoms with van der Waals surface area (Å²) in [6.07, 6.45) is 3.59. The van der Waals surface area contributed by atoms with Crippen molar-refractivity contribution in [2.24, 2.45) is 4.99 Å². The highest BCUT2D eigenvalue weighted by Crippen LogP contribution is 2.17. The van der Waals surface area contributed by atoms with Crippen LogP contribution in [0.2, 0.25) is 0 Å². The van der Waals surface area contributed by atoms with Gasteiger partial charge >= 0.3 is 0 Å². The Morgan fingerprint density at radius 2 is 1.73 bits per heavy atom. The molecule has 0 aliphatic rings. The van der Waals surface area contributed by atoms with Crippen molar-refractivity contribution < 1.29 is 0 Å². The van der Waals surface area contributed by atoms with Gasteiger partial charge in [-0.2, -0.15) is 0 Å². The van der Waals surface area contributed by atoms with Gasteiger partial charge in [-0.05, 0) is 64.2 Å². The maximum Gasteiger partial charge on any atom is 0.227 e. The van der Waals surface area contributed by atoms with Crippen LogP contribution in [0.3, 0.4) is 0 Å². The van der Waals surface area contributed by atoms with Crippen LogP contribution in [0.5, 0.6) is 0 Å². The minimum absolute atomic E-state index is 0.581. The van der Waals surface area contributed by atoms with Crippen LogP contribution >= 0.6 is 0 Å². The van der Waals surface area contributed by atoms with Crippen LogP contribution in [0.1, 0.15) is 45.9 Å². The summed E-state index contributed by atoms with van der Waals surface area (Å²) >= 11 is 0. The lowest BCUT2D eigenvalue weighted by molar-refractivity contribution is 0.402. The van der Waals surface area contributed by atoms with E-state index in [4.69, 9.17) is 0 Å². The van der Waals surface area contributed by atoms with E-state index < -0.39 is 0 Å². The fraction of sp³-hybridized carbons (Fsp3) is 0.381. The van der Waals surface area contributed by atoms with E-state index in [-0.39, 0.29) is 0 Å². The van der Waals surface area contributed by atoms with E-state index in [1.807, 2.05) is 59.0 Å². The fourth-order valence-corrected chi connectivity index (χ4v) is 2.12. The molecule has 2 aromatic rings. The molecule has 2 rings (SSSR count). The van der Waals surface area contributed by atoms with Crippen molar-refractivity contribution in [1.82, 2.24) is 14.9 Å². The molecule has 0 unspecified atom stereocenters. The molecular formula is C21H31N5. The van der Waals surface area contributed by atoms with Gasteiger partial charge in [-0.3, -0.25) is 4.99 Å². The predicted octanol–water partition coefficient (Wildman–Crippen LogP) is 5.15. The van der Waals surface area contributed by atoms with Gasteiger partial charge in [0.2, 0.25) is 5.95 Å². The normalized spacial score (nSPS) is 10.8. The number of aromatic nitrogens is 2. The third-order valence-corrected chi connectivity index (χ3v) is 3.28. The van der Waals surface area contributed by atoms with E-state index in [9.17, 15) is 0 Å². The summed E-state index contributed by atoms with van der Waals surface area (Å²) in [7, 11) is 4.12. The molecule has 0 spiro atoms. The summed E-state index contributed by atoms with van der Waals surface area (Å²) in [6.45, 7) is 10.9. The zero-order valence-electron chi connectivity index (χ0n) is 17.0. The maximum atomic E-state index is 4.55. The van der Waals surface area contributed by atoms with Crippen molar-refractivity contribution in [2.75, 3.05) is 19.4 Å². The molecule has 140 valence electrons. The smallest absolute Gasteiger partial charge is 0.227 e. The molecule has 1 aromatic carbocycles. The van der Waals surface area contributed by atoms with Crippen molar-refractivity contribution in [1.29, 1.82) is 0 Å². The largest absolute Gasteiger partial charge is 0.324 e. The first kappa shape index (κ1) is 21.5. The fourth-order valence-electron chi connectivity index (χ4n) is 2.12. The number of anilines is 2. The molecule has 0 aliphatic heterocycles. The Balaban J connectivity index is 0.00000163. The van der Waals surface area contributed by atoms with Crippen LogP contribution in [0, 0.1) is 0 Å². The van der Waals surface area contributed by atoms with Crippen LogP contribution < -0.4 is 5.32 Å². The molecule has 1 aromatic heterocycles. The Morgan fingerprint density at radius 1 is 1.08 bits per heavy atom. The number of hydrogen-bond acceptors (Lipinski definition) is 5. The number of nitrogens with one attached hydrogen (secondary N) is 1. The van der Waals surface area contributed by atoms with E-state index in [1.54, 1.807) is 6.20 Å². The molecule has 5 nitrogen and oxygen atoms in total. The predicted molar refractivity (Wildman–Crippen MR) is 113 cm³/mol. The molecular weight excluding hydrogens is 322 g/mol. The molecule has 1 heterocycles. The first-order valence-electron chi connectivity index (χ1n) is 8.96. The lowest BCUT2D eigenvalue weighted by Gasteiger charge is -2.11. The minimum atomic E-state index is 0.581. The van der Waals surface area contributed by atoms with Crippen molar-refractivity contribution in [2.45, 2.75) is 41.2 Å². The second-order valence-corrected chi connectivity index (χ2v) is 6.21. The number of aliphatic imine (C=N–C) groups is 1. The summed E-state index contributed by atoms with van der Waals surface area (Å²) in [6, 6.07) is 10.2. The Hall–Kier alpha value is -2.53. The van der Waals surface area contributed by atoms with Crippen molar-refractivity contribution >= 4 is 22.9 Å². The summed E-state index contributed by atoms with van der Waals surface area (Å²) < 4.78 is 0. The quantitative estimate of drug-likeness (QED) is 0.730. The van der Waals surface area contributed by atoms with E-state index in [2.05, 4.69) is 51.4 Å². The zero-order chi connectivity index (χ0) is 19.5. The van der Waals surface area contributed by atoms with E-state index in [0.717, 1.165) is 29.2 Å². The average molecular weight is 354 g/mol. The molecule has 0 atom stereocenters. The van der Waals surface area contributed by atoms with Crippen LogP contribution in [-0.4, -0.2) is 34.7 Å². The highest BCUT2D eigenvalue weighted by Gasteiger charge is 2.03. The standard InChI is InChI=1S/C19H25N5.C2H6/c1-14(2)21-12-15(3)18-10-11-20-19(23-18)22-17-8-6-16(7-9-17)13-24(4)5;1-2/h6-12H,13H2,1-5H3,(H,20,22,23);1-2H3/b15-12+;. The summed E-state index contributed by atoms with van der Waals surface area (Å²) in [5.74, 6) is 0.581. The highest BCUT2D eigenvalue weighted by molar-refractivity contribution is 5.80. The molecule has 1 N–H and O–H groups in total. The molecule has 0 saturated heterocycles. The maximum absolute atomic E-state index is 4.55. The average Bonchev–Trinajstić information content (AvgIpc) is 2.63. The lowest BCUT2D eigenvalue weighted by atomic mass is 10.2. The van der Waals surface area contributed by atoms with Crippen molar-refractivity contribution in [3.63, 3.8) is 0 Å². The molecule has 0 fully saturated rings. The topological polar surface area (TPSA) is 53.4 Å². The number of benzene rings is 1. The number of rotatable bonds is 6. The molecule has 0 radical (unpaired) electrons. The Labute approximate surface area is 157 Å². The van der Waals surface area contributed by atoms with Gasteiger partial charge in [0.15, 0.2) is 0 Å². The van der Waals surface area contributed by atoms with Crippen LogP contribution in [-0.2, 0) is 6.54 Å². The molecule has 5 heteroatoms. The third kappa shape index (κ3) is 7.57. The number of nitrogens with zero attached hydrogens (tertiary/aromatic N) is 4. The van der Waals surface area contributed by atoms with Crippen LogP contribution in [0.25, 0.3) is 5.57 Å². The second kappa shape index (κ2) is 11.2. The molecule has 0 amide bonds. The second-order valence-electron chi connectivity index (χ2n) is 6.21. The molecule has 26 heavy (non-hydrogen) atoms. The first-order valence-corrected chi connectivity index (χ1v) is 8.96. The SMILES string of the molecule is CC.CC(C)=N/C=C(\C)c1ccnc(Nc2ccc(CN(C)C)cc2)n1. The summed E-state index contributed by atoms with van der Waals surface area (Å²) in [5, 5.41) is 3.25. The van der Waals surface area contributed by atoms with E-state index >= 15 is 0 Å². The zero-order valence-corrected chi connectivity index (χ0v) is 17.0. The van der Waals surface area contributed by atoms with Gasteiger partial charge < -0.3 is 10.2 Å². The van der Waals surface area contributed by atoms with Gasteiger partial charge in [0.1, 0.15) is 0 Å². The van der Waals surface area contributed by atoms with Gasteiger partial charge in [0.05, 0.1) is 5.69 Å². The third-order valence-electron chi connectivity index (χ3n) is 3.28. The highest BCUT2D eigenvalue weighted by atomic mass is 15.1. The Bertz CT molecular complexity index is 726. The molecule has 0 bridgehead atoms. The summed E-state index contributed by atoms with van der Waals surface area (Å²) in [4.78, 5) is 15.3. The molecule has 0 aliphatic carbocycles. The van der Waals surface area contributed by atoms with Crippen molar-refractivity contribution in [3.05, 3.63) is 54.0 Å². The van der Waals surface area contributed by atoms with Crippen LogP contribution in [0.15, 0.2) is 47.7 Å². The molecule has 0 saturated carbocycles. The monoisotopic (exact) mass is 353 g/mol. The van der Waals surface area contributed by atoms with Gasteiger partial charge in [-0.15, -0.1) is 0 Å². The lowest BCUT2D eigenvalue weighted by Crippen LogP contribution is -2.10. The van der Waals surface area contributed by atoms with Gasteiger partial charge in [-0.1, -0.05) is 26.0 Å².